The highest BCUT2D eigenvalue weighted by Crippen LogP contribution is 2.53. The minimum absolute atomic E-state index is 0.147. The monoisotopic (exact) mass is 468 g/mol. The van der Waals surface area contributed by atoms with Crippen LogP contribution in [0.1, 0.15) is 33.4 Å². The normalized spacial score (nSPS) is 28.9. The number of anilines is 3. The molecule has 11 nitrogen and oxygen atoms in total. The van der Waals surface area contributed by atoms with Crippen LogP contribution in [-0.2, 0) is 9.47 Å². The Morgan fingerprint density at radius 2 is 2.18 bits per heavy atom. The average molecular weight is 469 g/mol. The molecular formula is C23H27N7O4. The maximum atomic E-state index is 13.2. The molecule has 2 saturated carbocycles. The van der Waals surface area contributed by atoms with Crippen LogP contribution in [0.3, 0.4) is 0 Å². The summed E-state index contributed by atoms with van der Waals surface area (Å²) in [4.78, 5) is 30.9. The van der Waals surface area contributed by atoms with E-state index < -0.39 is 25.1 Å². The van der Waals surface area contributed by atoms with Crippen molar-refractivity contribution < 1.29 is 18.4 Å². The molecule has 0 bridgehead atoms. The second kappa shape index (κ2) is 8.10. The van der Waals surface area contributed by atoms with Crippen molar-refractivity contribution in [3.63, 3.8) is 0 Å². The molecule has 178 valence electrons. The number of ether oxygens (including phenoxy) is 2. The molecule has 0 aromatic carbocycles. The van der Waals surface area contributed by atoms with Crippen molar-refractivity contribution in [2.45, 2.75) is 31.0 Å². The van der Waals surface area contributed by atoms with Crippen molar-refractivity contribution in [2.75, 3.05) is 37.9 Å². The lowest BCUT2D eigenvalue weighted by atomic mass is 9.89. The van der Waals surface area contributed by atoms with Gasteiger partial charge in [-0.05, 0) is 25.0 Å². The van der Waals surface area contributed by atoms with Crippen LogP contribution in [0.25, 0.3) is 5.65 Å². The van der Waals surface area contributed by atoms with E-state index in [0.29, 0.717) is 55.2 Å². The second-order valence-electron chi connectivity index (χ2n) is 9.00. The first kappa shape index (κ1) is 18.0. The maximum absolute atomic E-state index is 13.2. The number of rotatable bonds is 7. The summed E-state index contributed by atoms with van der Waals surface area (Å²) in [6.45, 7) is 1.36. The van der Waals surface area contributed by atoms with Crippen LogP contribution < -0.4 is 21.5 Å². The second-order valence-corrected chi connectivity index (χ2v) is 9.00. The number of amides is 1. The summed E-state index contributed by atoms with van der Waals surface area (Å²) < 4.78 is 35.7. The predicted octanol–water partition coefficient (Wildman–Crippen LogP) is 1.40. The number of aromatic nitrogens is 4. The Kier molecular flexibility index (Phi) is 4.28. The molecule has 3 aliphatic rings. The molecule has 0 spiro atoms. The van der Waals surface area contributed by atoms with Gasteiger partial charge in [-0.1, -0.05) is 0 Å². The topological polar surface area (TPSA) is 124 Å². The van der Waals surface area contributed by atoms with E-state index in [4.69, 9.17) is 13.6 Å². The van der Waals surface area contributed by atoms with Crippen molar-refractivity contribution in [3.8, 4) is 0 Å². The van der Waals surface area contributed by atoms with Gasteiger partial charge in [-0.3, -0.25) is 9.59 Å². The van der Waals surface area contributed by atoms with Gasteiger partial charge in [0.25, 0.3) is 11.5 Å². The summed E-state index contributed by atoms with van der Waals surface area (Å²) in [5.74, 6) is 1.25. The number of pyridine rings is 1. The van der Waals surface area contributed by atoms with E-state index in [1.807, 2.05) is 6.07 Å². The number of hydrogen-bond acceptors (Lipinski definition) is 8. The van der Waals surface area contributed by atoms with Gasteiger partial charge in [0.2, 0.25) is 0 Å². The van der Waals surface area contributed by atoms with Gasteiger partial charge >= 0.3 is 0 Å². The van der Waals surface area contributed by atoms with Gasteiger partial charge in [0.1, 0.15) is 22.9 Å². The minimum atomic E-state index is -2.52. The van der Waals surface area contributed by atoms with Gasteiger partial charge in [0, 0.05) is 44.2 Å². The molecule has 11 heteroatoms. The Labute approximate surface area is 199 Å². The van der Waals surface area contributed by atoms with Gasteiger partial charge in [-0.25, -0.2) is 4.98 Å². The van der Waals surface area contributed by atoms with Gasteiger partial charge in [0.15, 0.2) is 5.65 Å². The van der Waals surface area contributed by atoms with Crippen LogP contribution in [0, 0.1) is 11.8 Å². The molecule has 1 amide bonds. The summed E-state index contributed by atoms with van der Waals surface area (Å²) in [6.07, 6.45) is 3.80. The first-order valence-electron chi connectivity index (χ1n) is 12.8. The Balaban J connectivity index is 1.25. The Morgan fingerprint density at radius 1 is 1.32 bits per heavy atom. The molecule has 4 heterocycles. The number of carbonyl (C=O) groups is 1. The zero-order valence-electron chi connectivity index (χ0n) is 21.5. The summed E-state index contributed by atoms with van der Waals surface area (Å²) in [5.41, 5.74) is 0.726. The average Bonchev–Trinajstić information content (AvgIpc) is 3.17. The SMILES string of the molecule is [2H]C([2H])([2H])O[C@@H]1CC[C@H]1NC(=O)c1cnn2c(NC)cc(Nc3cccn(C4[C@H]5COC[C@@H]45)c3=O)nc12. The van der Waals surface area contributed by atoms with Crippen LogP contribution in [0.15, 0.2) is 35.4 Å². The largest absolute Gasteiger partial charge is 0.381 e. The van der Waals surface area contributed by atoms with Crippen LogP contribution in [0.2, 0.25) is 0 Å². The summed E-state index contributed by atoms with van der Waals surface area (Å²) in [5, 5.41) is 13.3. The molecular weight excluding hydrogens is 438 g/mol. The highest BCUT2D eigenvalue weighted by atomic mass is 16.5. The fourth-order valence-electron chi connectivity index (χ4n) is 4.99. The fraction of sp³-hybridized carbons (Fsp3) is 0.478. The van der Waals surface area contributed by atoms with Crippen molar-refractivity contribution in [1.29, 1.82) is 0 Å². The predicted molar refractivity (Wildman–Crippen MR) is 125 cm³/mol. The molecule has 3 N–H and O–H groups in total. The fourth-order valence-corrected chi connectivity index (χ4v) is 4.99. The third-order valence-corrected chi connectivity index (χ3v) is 7.12. The van der Waals surface area contributed by atoms with E-state index in [1.165, 1.54) is 10.7 Å². The summed E-state index contributed by atoms with van der Waals surface area (Å²) >= 11 is 0. The van der Waals surface area contributed by atoms with Gasteiger partial charge in [0.05, 0.1) is 35.7 Å². The number of nitrogens with zero attached hydrogens (tertiary/aromatic N) is 4. The lowest BCUT2D eigenvalue weighted by Crippen LogP contribution is -2.51. The van der Waals surface area contributed by atoms with E-state index in [2.05, 4.69) is 26.0 Å². The molecule has 3 fully saturated rings. The molecule has 0 radical (unpaired) electrons. The van der Waals surface area contributed by atoms with E-state index in [1.54, 1.807) is 29.9 Å². The van der Waals surface area contributed by atoms with E-state index in [-0.39, 0.29) is 22.8 Å². The van der Waals surface area contributed by atoms with Crippen molar-refractivity contribution in [3.05, 3.63) is 46.5 Å². The molecule has 1 unspecified atom stereocenters. The number of nitrogens with one attached hydrogen (secondary N) is 3. The quantitative estimate of drug-likeness (QED) is 0.475. The molecule has 2 aliphatic carbocycles. The minimum Gasteiger partial charge on any atom is -0.381 e. The van der Waals surface area contributed by atoms with Crippen molar-refractivity contribution >= 4 is 28.9 Å². The zero-order valence-corrected chi connectivity index (χ0v) is 18.5. The lowest BCUT2D eigenvalue weighted by Gasteiger charge is -2.35. The Hall–Kier alpha value is -3.44. The standard InChI is InChI=1S/C23H27N7O4/c1-24-19-8-18(26-16-4-3-7-29(23(16)32)20-13-10-34-11-14(13)20)28-21-12(9-25-30(19)21)22(31)27-15-5-6-17(15)33-2/h3-4,7-9,13-15,17,20,24H,5-6,10-11H2,1-2H3,(H,26,28)(H,27,31)/t13-,14+,15-,17-,20?/m1/s1/i2D3. The van der Waals surface area contributed by atoms with Gasteiger partial charge in [-0.15, -0.1) is 0 Å². The van der Waals surface area contributed by atoms with Crippen LogP contribution in [0.4, 0.5) is 17.3 Å². The third-order valence-electron chi connectivity index (χ3n) is 7.12. The number of fused-ring (bicyclic) bond motifs is 2. The summed E-state index contributed by atoms with van der Waals surface area (Å²) in [7, 11) is -0.807. The number of methoxy groups -OCH3 is 1. The number of hydrogen-bond donors (Lipinski definition) is 3. The maximum Gasteiger partial charge on any atom is 0.274 e. The van der Waals surface area contributed by atoms with Crippen LogP contribution >= 0.6 is 0 Å². The zero-order chi connectivity index (χ0) is 25.9. The molecule has 34 heavy (non-hydrogen) atoms. The molecule has 1 aliphatic heterocycles. The highest BCUT2D eigenvalue weighted by molar-refractivity contribution is 6.00. The molecule has 3 aromatic rings. The molecule has 5 atom stereocenters. The number of carbonyl (C=O) groups excluding carboxylic acids is 1. The van der Waals surface area contributed by atoms with Crippen molar-refractivity contribution in [1.82, 2.24) is 24.5 Å². The molecule has 6 rings (SSSR count). The lowest BCUT2D eigenvalue weighted by molar-refractivity contribution is 0.00732. The molecule has 3 aromatic heterocycles. The Morgan fingerprint density at radius 3 is 2.91 bits per heavy atom. The highest BCUT2D eigenvalue weighted by Gasteiger charge is 2.55. The first-order valence-corrected chi connectivity index (χ1v) is 11.3. The molecule has 1 saturated heterocycles. The van der Waals surface area contributed by atoms with E-state index >= 15 is 0 Å². The van der Waals surface area contributed by atoms with Crippen molar-refractivity contribution in [2.24, 2.45) is 11.8 Å². The van der Waals surface area contributed by atoms with Gasteiger partial charge < -0.3 is 30.0 Å². The smallest absolute Gasteiger partial charge is 0.274 e. The van der Waals surface area contributed by atoms with E-state index in [9.17, 15) is 9.59 Å². The first-order chi connectivity index (χ1) is 17.7. The van der Waals surface area contributed by atoms with Gasteiger partial charge in [-0.2, -0.15) is 9.61 Å². The van der Waals surface area contributed by atoms with Crippen LogP contribution in [0.5, 0.6) is 0 Å². The third kappa shape index (κ3) is 3.34. The summed E-state index contributed by atoms with van der Waals surface area (Å²) in [6, 6.07) is 4.96. The Bertz CT molecular complexity index is 1410. The van der Waals surface area contributed by atoms with E-state index in [0.717, 1.165) is 0 Å². The van der Waals surface area contributed by atoms with Crippen LogP contribution in [-0.4, -0.2) is 64.5 Å².